The highest BCUT2D eigenvalue weighted by atomic mass is 16.6. The van der Waals surface area contributed by atoms with E-state index in [4.69, 9.17) is 4.74 Å². The molecule has 0 aliphatic rings. The molecule has 5 amide bonds. The van der Waals surface area contributed by atoms with Crippen molar-refractivity contribution in [2.75, 3.05) is 60.0 Å². The minimum absolute atomic E-state index is 0.0490. The minimum Gasteiger partial charge on any atom is -0.468 e. The molecule has 0 bridgehead atoms. The van der Waals surface area contributed by atoms with Crippen molar-refractivity contribution in [2.24, 2.45) is 0 Å². The molecule has 0 aliphatic heterocycles. The fraction of sp³-hybridized carbons (Fsp3) is 0.667. The maximum Gasteiger partial charge on any atom is 0.408 e. The van der Waals surface area contributed by atoms with E-state index in [1.165, 1.54) is 6.92 Å². The van der Waals surface area contributed by atoms with E-state index in [2.05, 4.69) is 25.4 Å². The number of amides is 5. The molecule has 0 unspecified atom stereocenters. The second kappa shape index (κ2) is 22.6. The fourth-order valence-electron chi connectivity index (χ4n) is 3.60. The van der Waals surface area contributed by atoms with Crippen LogP contribution in [0.5, 0.6) is 0 Å². The zero-order valence-electron chi connectivity index (χ0n) is 28.4. The SMILES string of the molecule is COC(=O)CN(CC(=O)CCC(=O)NCC(=O)N(CC(=O)NCCCC(C)=O)CC(=O)OC)C(=O)CCC(=O)CNC(=O)OC(C)(C)C. The summed E-state index contributed by atoms with van der Waals surface area (Å²) in [5.74, 6) is -5.62. The number of rotatable bonds is 22. The van der Waals surface area contributed by atoms with Gasteiger partial charge in [-0.25, -0.2) is 4.79 Å². The first-order chi connectivity index (χ1) is 22.4. The van der Waals surface area contributed by atoms with Crippen LogP contribution in [0.15, 0.2) is 0 Å². The van der Waals surface area contributed by atoms with Crippen molar-refractivity contribution in [1.29, 1.82) is 0 Å². The second-order valence-electron chi connectivity index (χ2n) is 11.5. The number of esters is 2. The number of hydrogen-bond donors (Lipinski definition) is 3. The summed E-state index contributed by atoms with van der Waals surface area (Å²) in [5, 5.41) is 7.10. The summed E-state index contributed by atoms with van der Waals surface area (Å²) >= 11 is 0. The van der Waals surface area contributed by atoms with Crippen molar-refractivity contribution in [3.05, 3.63) is 0 Å². The predicted octanol–water partition coefficient (Wildman–Crippen LogP) is -1.19. The lowest BCUT2D eigenvalue weighted by Gasteiger charge is -2.21. The zero-order valence-corrected chi connectivity index (χ0v) is 28.4. The van der Waals surface area contributed by atoms with Gasteiger partial charge in [0.1, 0.15) is 31.0 Å². The Hall–Kier alpha value is -4.90. The van der Waals surface area contributed by atoms with E-state index in [9.17, 15) is 47.9 Å². The van der Waals surface area contributed by atoms with Crippen molar-refractivity contribution < 1.29 is 62.2 Å². The average molecular weight is 686 g/mol. The molecule has 0 saturated heterocycles. The van der Waals surface area contributed by atoms with Crippen molar-refractivity contribution in [3.63, 3.8) is 0 Å². The molecule has 270 valence electrons. The molecule has 0 saturated carbocycles. The molecule has 0 spiro atoms. The molecule has 3 N–H and O–H groups in total. The van der Waals surface area contributed by atoms with Crippen LogP contribution in [0.4, 0.5) is 4.79 Å². The number of ether oxygens (including phenoxy) is 3. The van der Waals surface area contributed by atoms with Gasteiger partial charge in [0.2, 0.25) is 23.6 Å². The quantitative estimate of drug-likeness (QED) is 0.0691. The second-order valence-corrected chi connectivity index (χ2v) is 11.5. The monoisotopic (exact) mass is 685 g/mol. The first-order valence-electron chi connectivity index (χ1n) is 15.1. The van der Waals surface area contributed by atoms with Crippen molar-refractivity contribution >= 4 is 59.0 Å². The van der Waals surface area contributed by atoms with E-state index in [-0.39, 0.29) is 38.0 Å². The highest BCUT2D eigenvalue weighted by Gasteiger charge is 2.24. The predicted molar refractivity (Wildman–Crippen MR) is 166 cm³/mol. The Morgan fingerprint density at radius 3 is 1.69 bits per heavy atom. The smallest absolute Gasteiger partial charge is 0.408 e. The summed E-state index contributed by atoms with van der Waals surface area (Å²) in [6.07, 6.45) is -1.60. The third-order valence-electron chi connectivity index (χ3n) is 6.04. The molecule has 0 aromatic rings. The number of hydrogen-bond acceptors (Lipinski definition) is 13. The van der Waals surface area contributed by atoms with Gasteiger partial charge >= 0.3 is 18.0 Å². The Balaban J connectivity index is 4.95. The van der Waals surface area contributed by atoms with Crippen molar-refractivity contribution in [1.82, 2.24) is 25.8 Å². The van der Waals surface area contributed by atoms with Crippen LogP contribution in [0.25, 0.3) is 0 Å². The molecule has 48 heavy (non-hydrogen) atoms. The number of nitrogens with one attached hydrogen (secondary N) is 3. The summed E-state index contributed by atoms with van der Waals surface area (Å²) in [6, 6.07) is 0. The van der Waals surface area contributed by atoms with Gasteiger partial charge in [-0.2, -0.15) is 0 Å². The molecule has 0 rings (SSSR count). The van der Waals surface area contributed by atoms with E-state index >= 15 is 0 Å². The number of ketones is 3. The first kappa shape index (κ1) is 43.1. The highest BCUT2D eigenvalue weighted by Crippen LogP contribution is 2.07. The maximum absolute atomic E-state index is 12.7. The Morgan fingerprint density at radius 2 is 1.15 bits per heavy atom. The van der Waals surface area contributed by atoms with Crippen LogP contribution in [0.3, 0.4) is 0 Å². The third-order valence-corrected chi connectivity index (χ3v) is 6.04. The lowest BCUT2D eigenvalue weighted by atomic mass is 10.1. The van der Waals surface area contributed by atoms with Gasteiger partial charge in [-0.3, -0.25) is 38.4 Å². The van der Waals surface area contributed by atoms with Crippen LogP contribution in [-0.4, -0.2) is 134 Å². The number of methoxy groups -OCH3 is 2. The van der Waals surface area contributed by atoms with Crippen LogP contribution >= 0.6 is 0 Å². The summed E-state index contributed by atoms with van der Waals surface area (Å²) < 4.78 is 14.1. The molecular weight excluding hydrogens is 638 g/mol. The Kier molecular flexibility index (Phi) is 20.3. The first-order valence-corrected chi connectivity index (χ1v) is 15.1. The van der Waals surface area contributed by atoms with E-state index in [1.54, 1.807) is 20.8 Å². The number of alkyl carbamates (subject to hydrolysis) is 1. The molecule has 0 atom stereocenters. The lowest BCUT2D eigenvalue weighted by molar-refractivity contribution is -0.148. The average Bonchev–Trinajstić information content (AvgIpc) is 3.00. The van der Waals surface area contributed by atoms with Crippen LogP contribution in [0, 0.1) is 0 Å². The number of carbonyl (C=O) groups excluding carboxylic acids is 10. The highest BCUT2D eigenvalue weighted by molar-refractivity contribution is 5.94. The van der Waals surface area contributed by atoms with Gasteiger partial charge in [0.25, 0.3) is 0 Å². The molecule has 0 heterocycles. The van der Waals surface area contributed by atoms with Gasteiger partial charge in [-0.15, -0.1) is 0 Å². The summed E-state index contributed by atoms with van der Waals surface area (Å²) in [5.41, 5.74) is -0.770. The largest absolute Gasteiger partial charge is 0.468 e. The van der Waals surface area contributed by atoms with Gasteiger partial charge < -0.3 is 44.8 Å². The van der Waals surface area contributed by atoms with Crippen molar-refractivity contribution in [2.45, 2.75) is 71.8 Å². The lowest BCUT2D eigenvalue weighted by Crippen LogP contribution is -2.47. The molecular formula is C30H47N5O13. The number of Topliss-reactive ketones (excluding diaryl/α,β-unsaturated/α-hetero) is 3. The minimum atomic E-state index is -0.827. The van der Waals surface area contributed by atoms with E-state index in [0.717, 1.165) is 24.0 Å². The van der Waals surface area contributed by atoms with E-state index < -0.39 is 105 Å². The standard InChI is InChI=1S/C30H47N5O13/c1-20(36)8-7-13-31-24(40)17-35(19-28(44)47-6)26(42)15-32-23(39)11-9-22(38)16-34(18-27(43)46-5)25(41)12-10-21(37)14-33-29(45)48-30(2,3)4/h7-19H2,1-6H3,(H,31,40)(H,32,39)(H,33,45). The van der Waals surface area contributed by atoms with Gasteiger partial charge in [0.15, 0.2) is 11.6 Å². The fourth-order valence-corrected chi connectivity index (χ4v) is 3.60. The zero-order chi connectivity index (χ0) is 36.9. The van der Waals surface area contributed by atoms with Gasteiger partial charge in [-0.1, -0.05) is 0 Å². The van der Waals surface area contributed by atoms with E-state index in [0.29, 0.717) is 6.42 Å². The van der Waals surface area contributed by atoms with E-state index in [1.807, 2.05) is 0 Å². The molecule has 0 aromatic carbocycles. The Labute approximate surface area is 278 Å². The molecule has 0 fully saturated rings. The number of nitrogens with zero attached hydrogens (tertiary/aromatic N) is 2. The van der Waals surface area contributed by atoms with Crippen LogP contribution in [-0.2, 0) is 57.4 Å². The van der Waals surface area contributed by atoms with Gasteiger partial charge in [0, 0.05) is 38.6 Å². The summed E-state index contributed by atoms with van der Waals surface area (Å²) in [7, 11) is 2.18. The maximum atomic E-state index is 12.7. The van der Waals surface area contributed by atoms with Crippen molar-refractivity contribution in [3.8, 4) is 0 Å². The molecule has 0 aromatic heterocycles. The van der Waals surface area contributed by atoms with Gasteiger partial charge in [-0.05, 0) is 34.1 Å². The van der Waals surface area contributed by atoms with Crippen LogP contribution in [0.2, 0.25) is 0 Å². The molecule has 0 radical (unpaired) electrons. The third kappa shape index (κ3) is 21.8. The molecule has 0 aliphatic carbocycles. The van der Waals surface area contributed by atoms with Crippen LogP contribution < -0.4 is 16.0 Å². The Morgan fingerprint density at radius 1 is 0.583 bits per heavy atom. The Bertz CT molecular complexity index is 1200. The number of carbonyl (C=O) groups is 10. The summed E-state index contributed by atoms with van der Waals surface area (Å²) in [4.78, 5) is 123. The molecule has 18 nitrogen and oxygen atoms in total. The van der Waals surface area contributed by atoms with Crippen LogP contribution in [0.1, 0.15) is 66.2 Å². The topological polar surface area (TPSA) is 241 Å². The van der Waals surface area contributed by atoms with Gasteiger partial charge in [0.05, 0.1) is 33.9 Å². The molecule has 18 heteroatoms. The summed E-state index contributed by atoms with van der Waals surface area (Å²) in [6.45, 7) is 3.28. The normalized spacial score (nSPS) is 10.5.